The van der Waals surface area contributed by atoms with Crippen molar-refractivity contribution in [2.24, 2.45) is 0 Å². The number of hydrogen-bond donors (Lipinski definition) is 1. The van der Waals surface area contributed by atoms with Crippen molar-refractivity contribution in [1.82, 2.24) is 5.32 Å². The molecule has 1 aromatic rings. The van der Waals surface area contributed by atoms with Crippen LogP contribution in [0.2, 0.25) is 5.02 Å². The molecule has 20 heavy (non-hydrogen) atoms. The Morgan fingerprint density at radius 2 is 1.95 bits per heavy atom. The number of hydrogen-bond acceptors (Lipinski definition) is 2. The molecule has 112 valence electrons. The summed E-state index contributed by atoms with van der Waals surface area (Å²) in [5, 5.41) is 3.45. The van der Waals surface area contributed by atoms with Crippen LogP contribution >= 0.6 is 11.6 Å². The maximum atomic E-state index is 13.1. The van der Waals surface area contributed by atoms with E-state index in [1.54, 1.807) is 4.90 Å². The average molecular weight is 307 g/mol. The van der Waals surface area contributed by atoms with Gasteiger partial charge in [-0.3, -0.25) is 0 Å². The number of piperidine rings is 1. The highest BCUT2D eigenvalue weighted by molar-refractivity contribution is 6.30. The van der Waals surface area contributed by atoms with Gasteiger partial charge in [0.2, 0.25) is 0 Å². The Morgan fingerprint density at radius 1 is 1.30 bits per heavy atom. The highest BCUT2D eigenvalue weighted by atomic mass is 35.5. The quantitative estimate of drug-likeness (QED) is 0.910. The van der Waals surface area contributed by atoms with Crippen LogP contribution in [-0.2, 0) is 6.18 Å². The van der Waals surface area contributed by atoms with Gasteiger partial charge < -0.3 is 10.2 Å². The molecule has 0 radical (unpaired) electrons. The number of benzene rings is 1. The van der Waals surface area contributed by atoms with Crippen LogP contribution in [0, 0.1) is 0 Å². The van der Waals surface area contributed by atoms with Crippen molar-refractivity contribution in [2.45, 2.75) is 32.0 Å². The first kappa shape index (κ1) is 15.4. The smallest absolute Gasteiger partial charge is 0.371 e. The van der Waals surface area contributed by atoms with Crippen molar-refractivity contribution in [1.29, 1.82) is 0 Å². The lowest BCUT2D eigenvalue weighted by Crippen LogP contribution is -2.43. The van der Waals surface area contributed by atoms with Crippen LogP contribution in [0.3, 0.4) is 0 Å². The first-order chi connectivity index (χ1) is 9.41. The van der Waals surface area contributed by atoms with Gasteiger partial charge in [-0.25, -0.2) is 0 Å². The monoisotopic (exact) mass is 306 g/mol. The van der Waals surface area contributed by atoms with Gasteiger partial charge in [0.15, 0.2) is 0 Å². The Morgan fingerprint density at radius 3 is 2.50 bits per heavy atom. The van der Waals surface area contributed by atoms with Gasteiger partial charge in [0.1, 0.15) is 0 Å². The molecule has 0 unspecified atom stereocenters. The Hall–Kier alpha value is -0.940. The maximum Gasteiger partial charge on any atom is 0.418 e. The minimum absolute atomic E-state index is 0.114. The lowest BCUT2D eigenvalue weighted by Gasteiger charge is -2.35. The van der Waals surface area contributed by atoms with E-state index in [9.17, 15) is 13.2 Å². The summed E-state index contributed by atoms with van der Waals surface area (Å²) in [6, 6.07) is 4.40. The minimum Gasteiger partial charge on any atom is -0.371 e. The Balaban J connectivity index is 2.18. The molecule has 1 fully saturated rings. The molecule has 2 nitrogen and oxygen atoms in total. The lowest BCUT2D eigenvalue weighted by molar-refractivity contribution is -0.137. The summed E-state index contributed by atoms with van der Waals surface area (Å²) < 4.78 is 39.2. The van der Waals surface area contributed by atoms with Crippen LogP contribution in [0.4, 0.5) is 18.9 Å². The van der Waals surface area contributed by atoms with E-state index in [1.165, 1.54) is 12.1 Å². The van der Waals surface area contributed by atoms with Gasteiger partial charge in [-0.05, 0) is 37.6 Å². The van der Waals surface area contributed by atoms with Crippen LogP contribution in [-0.4, -0.2) is 25.7 Å². The number of nitrogens with zero attached hydrogens (tertiary/aromatic N) is 1. The number of rotatable bonds is 3. The van der Waals surface area contributed by atoms with E-state index in [0.29, 0.717) is 19.1 Å². The van der Waals surface area contributed by atoms with Gasteiger partial charge in [-0.1, -0.05) is 18.5 Å². The topological polar surface area (TPSA) is 15.3 Å². The van der Waals surface area contributed by atoms with Crippen LogP contribution in [0.5, 0.6) is 0 Å². The molecule has 1 N–H and O–H groups in total. The normalized spacial score (nSPS) is 17.6. The zero-order chi connectivity index (χ0) is 14.8. The molecular formula is C14H18ClF3N2. The molecule has 0 atom stereocenters. The molecule has 0 aromatic heterocycles. The van der Waals surface area contributed by atoms with E-state index in [4.69, 9.17) is 11.6 Å². The fraction of sp³-hybridized carbons (Fsp3) is 0.571. The van der Waals surface area contributed by atoms with Crippen LogP contribution < -0.4 is 10.2 Å². The summed E-state index contributed by atoms with van der Waals surface area (Å²) >= 11 is 5.70. The summed E-state index contributed by atoms with van der Waals surface area (Å²) in [5.41, 5.74) is -0.413. The third-order valence-corrected chi connectivity index (χ3v) is 3.83. The highest BCUT2D eigenvalue weighted by Crippen LogP contribution is 2.38. The molecule has 0 spiro atoms. The third kappa shape index (κ3) is 3.58. The molecule has 0 amide bonds. The van der Waals surface area contributed by atoms with Gasteiger partial charge in [-0.2, -0.15) is 13.2 Å². The predicted molar refractivity (Wildman–Crippen MR) is 75.4 cm³/mol. The standard InChI is InChI=1S/C14H18ClF3N2/c1-2-19-11-5-7-20(8-6-11)13-4-3-10(15)9-12(13)14(16,17)18/h3-4,9,11,19H,2,5-8H2,1H3. The van der Waals surface area contributed by atoms with E-state index < -0.39 is 11.7 Å². The minimum atomic E-state index is -4.38. The molecule has 0 aliphatic carbocycles. The average Bonchev–Trinajstić information content (AvgIpc) is 2.39. The zero-order valence-electron chi connectivity index (χ0n) is 11.3. The van der Waals surface area contributed by atoms with Gasteiger partial charge in [-0.15, -0.1) is 0 Å². The second-order valence-electron chi connectivity index (χ2n) is 4.98. The fourth-order valence-electron chi connectivity index (χ4n) is 2.62. The first-order valence-electron chi connectivity index (χ1n) is 6.77. The van der Waals surface area contributed by atoms with Crippen LogP contribution in [0.15, 0.2) is 18.2 Å². The first-order valence-corrected chi connectivity index (χ1v) is 7.14. The van der Waals surface area contributed by atoms with Gasteiger partial charge >= 0.3 is 6.18 Å². The van der Waals surface area contributed by atoms with Crippen LogP contribution in [0.25, 0.3) is 0 Å². The molecule has 1 aliphatic heterocycles. The number of alkyl halides is 3. The van der Waals surface area contributed by atoms with E-state index in [-0.39, 0.29) is 10.7 Å². The molecule has 1 aliphatic rings. The second kappa shape index (κ2) is 6.22. The lowest BCUT2D eigenvalue weighted by atomic mass is 10.0. The molecule has 6 heteroatoms. The van der Waals surface area contributed by atoms with Crippen molar-refractivity contribution < 1.29 is 13.2 Å². The number of anilines is 1. The molecule has 0 saturated carbocycles. The Bertz CT molecular complexity index is 454. The molecule has 0 bridgehead atoms. The highest BCUT2D eigenvalue weighted by Gasteiger charge is 2.35. The van der Waals surface area contributed by atoms with Crippen molar-refractivity contribution >= 4 is 17.3 Å². The molecular weight excluding hydrogens is 289 g/mol. The van der Waals surface area contributed by atoms with Crippen molar-refractivity contribution in [3.8, 4) is 0 Å². The molecule has 1 saturated heterocycles. The van der Waals surface area contributed by atoms with Crippen LogP contribution in [0.1, 0.15) is 25.3 Å². The Labute approximate surface area is 121 Å². The summed E-state index contributed by atoms with van der Waals surface area (Å²) in [6.07, 6.45) is -2.67. The fourth-order valence-corrected chi connectivity index (χ4v) is 2.80. The number of nitrogens with one attached hydrogen (secondary N) is 1. The SMILES string of the molecule is CCNC1CCN(c2ccc(Cl)cc2C(F)(F)F)CC1. The summed E-state index contributed by atoms with van der Waals surface area (Å²) in [6.45, 7) is 4.18. The van der Waals surface area contributed by atoms with E-state index in [1.807, 2.05) is 6.92 Å². The summed E-state index contributed by atoms with van der Waals surface area (Å²) in [5.74, 6) is 0. The third-order valence-electron chi connectivity index (χ3n) is 3.59. The largest absolute Gasteiger partial charge is 0.418 e. The van der Waals surface area contributed by atoms with Crippen molar-refractivity contribution in [2.75, 3.05) is 24.5 Å². The molecule has 1 aromatic carbocycles. The summed E-state index contributed by atoms with van der Waals surface area (Å²) in [7, 11) is 0. The van der Waals surface area contributed by atoms with Gasteiger partial charge in [0.25, 0.3) is 0 Å². The van der Waals surface area contributed by atoms with E-state index >= 15 is 0 Å². The zero-order valence-corrected chi connectivity index (χ0v) is 12.1. The van der Waals surface area contributed by atoms with Gasteiger partial charge in [0.05, 0.1) is 5.56 Å². The van der Waals surface area contributed by atoms with Crippen molar-refractivity contribution in [3.05, 3.63) is 28.8 Å². The second-order valence-corrected chi connectivity index (χ2v) is 5.41. The molecule has 1 heterocycles. The Kier molecular flexibility index (Phi) is 4.81. The predicted octanol–water partition coefficient (Wildman–Crippen LogP) is 3.94. The molecule has 2 rings (SSSR count). The van der Waals surface area contributed by atoms with E-state index in [2.05, 4.69) is 5.32 Å². The van der Waals surface area contributed by atoms with Gasteiger partial charge in [0, 0.05) is 29.8 Å². The van der Waals surface area contributed by atoms with E-state index in [0.717, 1.165) is 25.5 Å². The summed E-state index contributed by atoms with van der Waals surface area (Å²) in [4.78, 5) is 1.80. The number of halogens is 4. The van der Waals surface area contributed by atoms with Crippen molar-refractivity contribution in [3.63, 3.8) is 0 Å². The maximum absolute atomic E-state index is 13.1.